The minimum atomic E-state index is -0.457. The molecular formula is C24H30N2O5. The Hall–Kier alpha value is -3.06. The molecule has 1 amide bonds. The first kappa shape index (κ1) is 22.6. The van der Waals surface area contributed by atoms with Crippen LogP contribution in [0.1, 0.15) is 42.1 Å². The lowest BCUT2D eigenvalue weighted by atomic mass is 9.99. The molecule has 1 atom stereocenters. The molecule has 31 heavy (non-hydrogen) atoms. The average Bonchev–Trinajstić information content (AvgIpc) is 2.82. The van der Waals surface area contributed by atoms with Gasteiger partial charge in [-0.05, 0) is 48.2 Å². The van der Waals surface area contributed by atoms with E-state index in [0.29, 0.717) is 49.2 Å². The second kappa shape index (κ2) is 10.8. The van der Waals surface area contributed by atoms with E-state index in [1.54, 1.807) is 12.1 Å². The number of hydrogen-bond donors (Lipinski definition) is 1. The predicted octanol–water partition coefficient (Wildman–Crippen LogP) is 3.84. The van der Waals surface area contributed by atoms with E-state index in [0.717, 1.165) is 12.1 Å². The Morgan fingerprint density at radius 3 is 2.48 bits per heavy atom. The van der Waals surface area contributed by atoms with Crippen LogP contribution in [0.3, 0.4) is 0 Å². The fourth-order valence-corrected chi connectivity index (χ4v) is 3.42. The highest BCUT2D eigenvalue weighted by atomic mass is 16.5. The maximum Gasteiger partial charge on any atom is 0.337 e. The Morgan fingerprint density at radius 2 is 1.84 bits per heavy atom. The maximum atomic E-state index is 12.6. The zero-order valence-electron chi connectivity index (χ0n) is 18.3. The van der Waals surface area contributed by atoms with Crippen molar-refractivity contribution in [2.45, 2.75) is 26.2 Å². The number of morpholine rings is 1. The van der Waals surface area contributed by atoms with Crippen LogP contribution in [-0.2, 0) is 14.3 Å². The normalized spacial score (nSPS) is 14.6. The highest BCUT2D eigenvalue weighted by Crippen LogP contribution is 2.28. The Balaban J connectivity index is 1.69. The monoisotopic (exact) mass is 426 g/mol. The third-order valence-corrected chi connectivity index (χ3v) is 5.47. The van der Waals surface area contributed by atoms with E-state index in [-0.39, 0.29) is 12.5 Å². The third kappa shape index (κ3) is 5.98. The zero-order valence-corrected chi connectivity index (χ0v) is 18.3. The number of nitrogens with one attached hydrogen (secondary N) is 1. The number of esters is 1. The Morgan fingerprint density at radius 1 is 1.13 bits per heavy atom. The topological polar surface area (TPSA) is 77.1 Å². The second-order valence-corrected chi connectivity index (χ2v) is 7.54. The number of carbonyl (C=O) groups excluding carboxylic acids is 2. The van der Waals surface area contributed by atoms with Gasteiger partial charge in [-0.1, -0.05) is 26.0 Å². The number of amides is 1. The van der Waals surface area contributed by atoms with Crippen LogP contribution >= 0.6 is 0 Å². The number of methoxy groups -OCH3 is 1. The summed E-state index contributed by atoms with van der Waals surface area (Å²) in [7, 11) is 1.33. The minimum Gasteiger partial charge on any atom is -0.484 e. The molecule has 0 spiro atoms. The van der Waals surface area contributed by atoms with Crippen molar-refractivity contribution in [2.75, 3.05) is 50.2 Å². The number of carbonyl (C=O) groups is 2. The van der Waals surface area contributed by atoms with Crippen LogP contribution in [0.4, 0.5) is 11.4 Å². The smallest absolute Gasteiger partial charge is 0.337 e. The number of anilines is 2. The quantitative estimate of drug-likeness (QED) is 0.647. The number of rotatable bonds is 8. The number of hydrogen-bond acceptors (Lipinski definition) is 6. The first-order valence-electron chi connectivity index (χ1n) is 10.6. The Kier molecular flexibility index (Phi) is 7.89. The summed E-state index contributed by atoms with van der Waals surface area (Å²) in [5.74, 6) is 0.362. The van der Waals surface area contributed by atoms with Crippen molar-refractivity contribution in [3.05, 3.63) is 53.6 Å². The van der Waals surface area contributed by atoms with Crippen LogP contribution in [0.2, 0.25) is 0 Å². The van der Waals surface area contributed by atoms with E-state index in [1.807, 2.05) is 30.3 Å². The van der Waals surface area contributed by atoms with E-state index in [9.17, 15) is 9.59 Å². The Bertz CT molecular complexity index is 891. The van der Waals surface area contributed by atoms with Crippen molar-refractivity contribution >= 4 is 23.3 Å². The molecule has 1 heterocycles. The van der Waals surface area contributed by atoms with Gasteiger partial charge >= 0.3 is 5.97 Å². The van der Waals surface area contributed by atoms with Gasteiger partial charge in [-0.2, -0.15) is 0 Å². The summed E-state index contributed by atoms with van der Waals surface area (Å²) < 4.78 is 15.9. The molecule has 7 nitrogen and oxygen atoms in total. The van der Waals surface area contributed by atoms with Crippen molar-refractivity contribution in [3.8, 4) is 5.75 Å². The first-order valence-corrected chi connectivity index (χ1v) is 10.6. The molecule has 1 N–H and O–H groups in total. The van der Waals surface area contributed by atoms with Crippen molar-refractivity contribution in [1.82, 2.24) is 0 Å². The molecule has 2 aromatic carbocycles. The molecule has 0 saturated carbocycles. The first-order chi connectivity index (χ1) is 15.0. The number of nitrogens with zero attached hydrogens (tertiary/aromatic N) is 1. The van der Waals surface area contributed by atoms with E-state index in [4.69, 9.17) is 14.2 Å². The maximum absolute atomic E-state index is 12.6. The van der Waals surface area contributed by atoms with Crippen molar-refractivity contribution in [2.24, 2.45) is 0 Å². The summed E-state index contributed by atoms with van der Waals surface area (Å²) in [6, 6.07) is 13.0. The van der Waals surface area contributed by atoms with Gasteiger partial charge in [-0.25, -0.2) is 4.79 Å². The molecule has 1 aliphatic rings. The summed E-state index contributed by atoms with van der Waals surface area (Å²) in [6.07, 6.45) is 1.07. The van der Waals surface area contributed by atoms with Crippen LogP contribution in [-0.4, -0.2) is 51.9 Å². The molecule has 0 aromatic heterocycles. The molecule has 1 unspecified atom stereocenters. The van der Waals surface area contributed by atoms with Gasteiger partial charge in [-0.3, -0.25) is 4.79 Å². The van der Waals surface area contributed by atoms with Gasteiger partial charge < -0.3 is 24.4 Å². The summed E-state index contributed by atoms with van der Waals surface area (Å²) in [5.41, 5.74) is 3.00. The predicted molar refractivity (Wildman–Crippen MR) is 120 cm³/mol. The fourth-order valence-electron chi connectivity index (χ4n) is 3.42. The zero-order chi connectivity index (χ0) is 22.2. The third-order valence-electron chi connectivity index (χ3n) is 5.47. The summed E-state index contributed by atoms with van der Waals surface area (Å²) >= 11 is 0. The highest BCUT2D eigenvalue weighted by molar-refractivity contribution is 5.98. The van der Waals surface area contributed by atoms with Crippen LogP contribution in [0.25, 0.3) is 0 Å². The van der Waals surface area contributed by atoms with Gasteiger partial charge in [0.1, 0.15) is 5.75 Å². The van der Waals surface area contributed by atoms with E-state index in [1.165, 1.54) is 12.7 Å². The van der Waals surface area contributed by atoms with Crippen molar-refractivity contribution < 1.29 is 23.8 Å². The van der Waals surface area contributed by atoms with Gasteiger partial charge in [0.25, 0.3) is 5.91 Å². The molecular weight excluding hydrogens is 396 g/mol. The Labute approximate surface area is 183 Å². The van der Waals surface area contributed by atoms with Crippen LogP contribution in [0.15, 0.2) is 42.5 Å². The summed E-state index contributed by atoms with van der Waals surface area (Å²) in [5, 5.41) is 2.88. The van der Waals surface area contributed by atoms with Gasteiger partial charge in [0.05, 0.1) is 37.3 Å². The lowest BCUT2D eigenvalue weighted by Gasteiger charge is -2.30. The lowest BCUT2D eigenvalue weighted by molar-refractivity contribution is -0.118. The molecule has 1 aliphatic heterocycles. The molecule has 3 rings (SSSR count). The standard InChI is InChI=1S/C24H30N2O5/c1-4-17(2)18-5-8-20(9-6-18)31-16-23(27)25-21-15-19(24(28)29-3)7-10-22(21)26-11-13-30-14-12-26/h5-10,15,17H,4,11-14,16H2,1-3H3,(H,25,27). The SMILES string of the molecule is CCC(C)c1ccc(OCC(=O)Nc2cc(C(=O)OC)ccc2N2CCOCC2)cc1. The van der Waals surface area contributed by atoms with E-state index < -0.39 is 5.97 Å². The molecule has 0 aliphatic carbocycles. The molecule has 166 valence electrons. The van der Waals surface area contributed by atoms with Crippen LogP contribution < -0.4 is 15.0 Å². The van der Waals surface area contributed by atoms with E-state index >= 15 is 0 Å². The highest BCUT2D eigenvalue weighted by Gasteiger charge is 2.19. The molecule has 0 bridgehead atoms. The number of ether oxygens (including phenoxy) is 3. The van der Waals surface area contributed by atoms with Gasteiger partial charge in [-0.15, -0.1) is 0 Å². The van der Waals surface area contributed by atoms with Gasteiger partial charge in [0, 0.05) is 13.1 Å². The fraction of sp³-hybridized carbons (Fsp3) is 0.417. The summed E-state index contributed by atoms with van der Waals surface area (Å²) in [4.78, 5) is 26.7. The van der Waals surface area contributed by atoms with Crippen LogP contribution in [0.5, 0.6) is 5.75 Å². The molecule has 7 heteroatoms. The second-order valence-electron chi connectivity index (χ2n) is 7.54. The molecule has 1 fully saturated rings. The number of benzene rings is 2. The van der Waals surface area contributed by atoms with Gasteiger partial charge in [0.15, 0.2) is 6.61 Å². The molecule has 2 aromatic rings. The van der Waals surface area contributed by atoms with Crippen molar-refractivity contribution in [1.29, 1.82) is 0 Å². The average molecular weight is 427 g/mol. The van der Waals surface area contributed by atoms with Gasteiger partial charge in [0.2, 0.25) is 0 Å². The van der Waals surface area contributed by atoms with Crippen LogP contribution in [0, 0.1) is 0 Å². The van der Waals surface area contributed by atoms with E-state index in [2.05, 4.69) is 24.1 Å². The molecule has 0 radical (unpaired) electrons. The van der Waals surface area contributed by atoms with Crippen molar-refractivity contribution in [3.63, 3.8) is 0 Å². The minimum absolute atomic E-state index is 0.131. The summed E-state index contributed by atoms with van der Waals surface area (Å²) in [6.45, 7) is 6.84. The molecule has 1 saturated heterocycles. The lowest BCUT2D eigenvalue weighted by Crippen LogP contribution is -2.37. The largest absolute Gasteiger partial charge is 0.484 e.